The number of benzene rings is 3. The second-order valence-electron chi connectivity index (χ2n) is 4.83. The fourth-order valence-corrected chi connectivity index (χ4v) is 2.41. The summed E-state index contributed by atoms with van der Waals surface area (Å²) in [6.07, 6.45) is 0. The van der Waals surface area contributed by atoms with Gasteiger partial charge >= 0.3 is 5.97 Å². The largest absolute Gasteiger partial charge is 0.478 e. The summed E-state index contributed by atoms with van der Waals surface area (Å²) in [4.78, 5) is 24.0. The molecule has 0 saturated heterocycles. The van der Waals surface area contributed by atoms with Crippen molar-refractivity contribution in [1.29, 1.82) is 0 Å². The van der Waals surface area contributed by atoms with Gasteiger partial charge in [0.25, 0.3) is 5.91 Å². The Morgan fingerprint density at radius 3 is 2.23 bits per heavy atom. The van der Waals surface area contributed by atoms with Crippen LogP contribution in [-0.2, 0) is 0 Å². The minimum atomic E-state index is -1.12. The monoisotopic (exact) mass is 291 g/mol. The molecule has 3 rings (SSSR count). The minimum absolute atomic E-state index is 0.00729. The van der Waals surface area contributed by atoms with Crippen LogP contribution in [0.1, 0.15) is 20.7 Å². The Hall–Kier alpha value is -3.14. The van der Waals surface area contributed by atoms with Gasteiger partial charge in [0.15, 0.2) is 0 Å². The highest BCUT2D eigenvalue weighted by Gasteiger charge is 2.19. The molecule has 0 saturated carbocycles. The van der Waals surface area contributed by atoms with Gasteiger partial charge in [0.1, 0.15) is 0 Å². The highest BCUT2D eigenvalue weighted by atomic mass is 16.4. The number of fused-ring (bicyclic) bond motifs is 1. The first kappa shape index (κ1) is 13.8. The summed E-state index contributed by atoms with van der Waals surface area (Å²) in [7, 11) is 0. The number of hydrogen-bond donors (Lipinski definition) is 2. The predicted molar refractivity (Wildman–Crippen MR) is 85.3 cm³/mol. The van der Waals surface area contributed by atoms with Gasteiger partial charge in [-0.3, -0.25) is 4.79 Å². The maximum absolute atomic E-state index is 12.6. The zero-order valence-corrected chi connectivity index (χ0v) is 11.6. The van der Waals surface area contributed by atoms with E-state index in [-0.39, 0.29) is 11.1 Å². The number of aromatic carboxylic acids is 1. The van der Waals surface area contributed by atoms with Crippen LogP contribution in [0.4, 0.5) is 5.69 Å². The summed E-state index contributed by atoms with van der Waals surface area (Å²) in [5, 5.41) is 13.5. The van der Waals surface area contributed by atoms with Crippen LogP contribution < -0.4 is 5.32 Å². The number of carbonyl (C=O) groups is 2. The number of anilines is 1. The molecule has 0 atom stereocenters. The first-order chi connectivity index (χ1) is 10.7. The lowest BCUT2D eigenvalue weighted by molar-refractivity contribution is 0.0693. The van der Waals surface area contributed by atoms with Crippen molar-refractivity contribution >= 4 is 28.3 Å². The standard InChI is InChI=1S/C18H13NO3/c20-17(19-13-7-2-1-3-8-13)16-14-9-5-4-6-12(14)10-11-15(16)18(21)22/h1-11H,(H,19,20)(H,21,22). The van der Waals surface area contributed by atoms with Gasteiger partial charge in [0.05, 0.1) is 11.1 Å². The van der Waals surface area contributed by atoms with Crippen molar-refractivity contribution in [3.8, 4) is 0 Å². The molecule has 3 aromatic carbocycles. The molecule has 2 N–H and O–H groups in total. The molecule has 0 spiro atoms. The molecule has 0 bridgehead atoms. The summed E-state index contributed by atoms with van der Waals surface area (Å²) in [5.41, 5.74) is 0.790. The number of carboxylic acid groups (broad SMARTS) is 1. The minimum Gasteiger partial charge on any atom is -0.478 e. The summed E-state index contributed by atoms with van der Waals surface area (Å²) in [6, 6.07) is 19.4. The average Bonchev–Trinajstić information content (AvgIpc) is 2.54. The van der Waals surface area contributed by atoms with Crippen molar-refractivity contribution in [3.05, 3.63) is 77.9 Å². The molecule has 0 aliphatic heterocycles. The Balaban J connectivity index is 2.13. The number of rotatable bonds is 3. The topological polar surface area (TPSA) is 66.4 Å². The molecule has 3 aromatic rings. The Morgan fingerprint density at radius 1 is 0.818 bits per heavy atom. The molecule has 0 aromatic heterocycles. The molecule has 0 radical (unpaired) electrons. The maximum atomic E-state index is 12.6. The second kappa shape index (κ2) is 5.69. The third-order valence-corrected chi connectivity index (χ3v) is 3.42. The van der Waals surface area contributed by atoms with E-state index in [9.17, 15) is 14.7 Å². The molecule has 0 aliphatic carbocycles. The molecule has 0 heterocycles. The van der Waals surface area contributed by atoms with Crippen molar-refractivity contribution in [2.24, 2.45) is 0 Å². The van der Waals surface area contributed by atoms with Crippen LogP contribution in [0.15, 0.2) is 66.7 Å². The van der Waals surface area contributed by atoms with E-state index >= 15 is 0 Å². The van der Waals surface area contributed by atoms with Gasteiger partial charge in [0.2, 0.25) is 0 Å². The number of carbonyl (C=O) groups excluding carboxylic acids is 1. The molecule has 0 aliphatic rings. The fourth-order valence-electron chi connectivity index (χ4n) is 2.41. The lowest BCUT2D eigenvalue weighted by atomic mass is 9.98. The van der Waals surface area contributed by atoms with Crippen molar-refractivity contribution in [2.45, 2.75) is 0 Å². The molecule has 0 fully saturated rings. The van der Waals surface area contributed by atoms with Gasteiger partial charge < -0.3 is 10.4 Å². The third kappa shape index (κ3) is 2.54. The number of carboxylic acids is 1. The lowest BCUT2D eigenvalue weighted by Crippen LogP contribution is -2.17. The molecule has 0 unspecified atom stereocenters. The molecule has 4 nitrogen and oxygen atoms in total. The van der Waals surface area contributed by atoms with Crippen LogP contribution in [0, 0.1) is 0 Å². The van der Waals surface area contributed by atoms with Gasteiger partial charge in [0, 0.05) is 5.69 Å². The summed E-state index contributed by atoms with van der Waals surface area (Å²) < 4.78 is 0. The van der Waals surface area contributed by atoms with Gasteiger partial charge in [-0.05, 0) is 29.0 Å². The van der Waals surface area contributed by atoms with E-state index in [2.05, 4.69) is 5.32 Å². The van der Waals surface area contributed by atoms with Gasteiger partial charge in [-0.25, -0.2) is 4.79 Å². The summed E-state index contributed by atoms with van der Waals surface area (Å²) >= 11 is 0. The summed E-state index contributed by atoms with van der Waals surface area (Å²) in [5.74, 6) is -1.55. The normalized spacial score (nSPS) is 10.4. The first-order valence-corrected chi connectivity index (χ1v) is 6.78. The van der Waals surface area contributed by atoms with Crippen molar-refractivity contribution < 1.29 is 14.7 Å². The fraction of sp³-hybridized carbons (Fsp3) is 0. The van der Waals surface area contributed by atoms with Crippen LogP contribution >= 0.6 is 0 Å². The average molecular weight is 291 g/mol. The van der Waals surface area contributed by atoms with E-state index in [0.717, 1.165) is 5.39 Å². The Kier molecular flexibility index (Phi) is 3.58. The van der Waals surface area contributed by atoms with Gasteiger partial charge in [-0.15, -0.1) is 0 Å². The number of hydrogen-bond acceptors (Lipinski definition) is 2. The van der Waals surface area contributed by atoms with Gasteiger partial charge in [-0.1, -0.05) is 48.5 Å². The molecule has 4 heteroatoms. The van der Waals surface area contributed by atoms with Crippen LogP contribution in [0.25, 0.3) is 10.8 Å². The number of para-hydroxylation sites is 1. The predicted octanol–water partition coefficient (Wildman–Crippen LogP) is 3.79. The molecule has 1 amide bonds. The van der Waals surface area contributed by atoms with Crippen LogP contribution in [0.3, 0.4) is 0 Å². The SMILES string of the molecule is O=C(O)c1ccc2ccccc2c1C(=O)Nc1ccccc1. The Bertz CT molecular complexity index is 857. The molecule has 22 heavy (non-hydrogen) atoms. The molecular formula is C18H13NO3. The zero-order chi connectivity index (χ0) is 15.5. The zero-order valence-electron chi connectivity index (χ0n) is 11.6. The first-order valence-electron chi connectivity index (χ1n) is 6.78. The second-order valence-corrected chi connectivity index (χ2v) is 4.83. The smallest absolute Gasteiger partial charge is 0.336 e. The Labute approximate surface area is 127 Å². The highest BCUT2D eigenvalue weighted by molar-refractivity contribution is 6.18. The third-order valence-electron chi connectivity index (χ3n) is 3.42. The highest BCUT2D eigenvalue weighted by Crippen LogP contribution is 2.24. The van der Waals surface area contributed by atoms with E-state index in [1.54, 1.807) is 42.5 Å². The maximum Gasteiger partial charge on any atom is 0.336 e. The van der Waals surface area contributed by atoms with Crippen LogP contribution in [0.5, 0.6) is 0 Å². The molecule has 108 valence electrons. The Morgan fingerprint density at radius 2 is 1.50 bits per heavy atom. The van der Waals surface area contributed by atoms with Crippen molar-refractivity contribution in [3.63, 3.8) is 0 Å². The van der Waals surface area contributed by atoms with E-state index in [4.69, 9.17) is 0 Å². The van der Waals surface area contributed by atoms with E-state index in [1.807, 2.05) is 18.2 Å². The van der Waals surface area contributed by atoms with Crippen molar-refractivity contribution in [1.82, 2.24) is 0 Å². The van der Waals surface area contributed by atoms with Gasteiger partial charge in [-0.2, -0.15) is 0 Å². The van der Waals surface area contributed by atoms with Crippen LogP contribution in [-0.4, -0.2) is 17.0 Å². The van der Waals surface area contributed by atoms with E-state index in [0.29, 0.717) is 11.1 Å². The van der Waals surface area contributed by atoms with Crippen LogP contribution in [0.2, 0.25) is 0 Å². The molecular weight excluding hydrogens is 278 g/mol. The summed E-state index contributed by atoms with van der Waals surface area (Å²) in [6.45, 7) is 0. The van der Waals surface area contributed by atoms with E-state index < -0.39 is 11.9 Å². The number of nitrogens with one attached hydrogen (secondary N) is 1. The lowest BCUT2D eigenvalue weighted by Gasteiger charge is -2.11. The quantitative estimate of drug-likeness (QED) is 0.771. The number of amides is 1. The van der Waals surface area contributed by atoms with E-state index in [1.165, 1.54) is 6.07 Å². The van der Waals surface area contributed by atoms with Crippen molar-refractivity contribution in [2.75, 3.05) is 5.32 Å².